The number of carbonyl (C=O) groups is 1. The van der Waals surface area contributed by atoms with Crippen LogP contribution < -0.4 is 10.6 Å². The predicted molar refractivity (Wildman–Crippen MR) is 85.6 cm³/mol. The average Bonchev–Trinajstić information content (AvgIpc) is 3.13. The van der Waals surface area contributed by atoms with E-state index in [-0.39, 0.29) is 36.5 Å². The number of nitrogens with zero attached hydrogens (tertiary/aromatic N) is 2. The van der Waals surface area contributed by atoms with Crippen molar-refractivity contribution in [2.45, 2.75) is 13.1 Å². The van der Waals surface area contributed by atoms with Crippen LogP contribution in [0.3, 0.4) is 0 Å². The molecule has 24 heavy (non-hydrogen) atoms. The number of furan rings is 1. The molecule has 3 aromatic rings. The van der Waals surface area contributed by atoms with Gasteiger partial charge in [-0.05, 0) is 24.3 Å². The lowest BCUT2D eigenvalue weighted by molar-refractivity contribution is 0.0943. The van der Waals surface area contributed by atoms with Crippen molar-refractivity contribution in [3.8, 4) is 0 Å². The molecule has 3 rings (SSSR count). The largest absolute Gasteiger partial charge is 0.467 e. The third kappa shape index (κ3) is 3.95. The summed E-state index contributed by atoms with van der Waals surface area (Å²) in [5.74, 6) is 0.249. The van der Waals surface area contributed by atoms with Gasteiger partial charge in [-0.15, -0.1) is 0 Å². The fourth-order valence-electron chi connectivity index (χ4n) is 2.06. The van der Waals surface area contributed by atoms with Crippen LogP contribution in [0.15, 0.2) is 59.3 Å². The Balaban J connectivity index is 1.61. The third-order valence-electron chi connectivity index (χ3n) is 3.29. The molecular weight excluding hydrogens is 311 g/mol. The first-order valence-corrected chi connectivity index (χ1v) is 7.33. The fraction of sp³-hybridized carbons (Fsp3) is 0.118. The van der Waals surface area contributed by atoms with Gasteiger partial charge in [-0.25, -0.2) is 14.4 Å². The Bertz CT molecular complexity index is 821. The first-order valence-electron chi connectivity index (χ1n) is 7.33. The second-order valence-electron chi connectivity index (χ2n) is 4.97. The number of carbonyl (C=O) groups excluding carboxylic acids is 1. The molecule has 7 heteroatoms. The van der Waals surface area contributed by atoms with Crippen molar-refractivity contribution < 1.29 is 13.6 Å². The Hall–Kier alpha value is -3.22. The zero-order valence-electron chi connectivity index (χ0n) is 12.7. The van der Waals surface area contributed by atoms with Crippen LogP contribution in [0.25, 0.3) is 0 Å². The van der Waals surface area contributed by atoms with Gasteiger partial charge in [-0.2, -0.15) is 0 Å². The van der Waals surface area contributed by atoms with Crippen molar-refractivity contribution in [1.29, 1.82) is 0 Å². The highest BCUT2D eigenvalue weighted by molar-refractivity contribution is 5.92. The molecule has 0 saturated heterocycles. The Morgan fingerprint density at radius 3 is 2.79 bits per heavy atom. The van der Waals surface area contributed by atoms with Crippen molar-refractivity contribution in [2.75, 3.05) is 5.32 Å². The van der Waals surface area contributed by atoms with Crippen LogP contribution in [0.4, 0.5) is 10.3 Å². The first kappa shape index (κ1) is 15.7. The van der Waals surface area contributed by atoms with Gasteiger partial charge < -0.3 is 15.1 Å². The van der Waals surface area contributed by atoms with Gasteiger partial charge in [0.25, 0.3) is 5.91 Å². The van der Waals surface area contributed by atoms with Gasteiger partial charge in [-0.1, -0.05) is 18.2 Å². The molecule has 122 valence electrons. The monoisotopic (exact) mass is 326 g/mol. The zero-order valence-corrected chi connectivity index (χ0v) is 12.7. The molecule has 2 aromatic heterocycles. The fourth-order valence-corrected chi connectivity index (χ4v) is 2.06. The van der Waals surface area contributed by atoms with E-state index >= 15 is 0 Å². The van der Waals surface area contributed by atoms with E-state index in [0.29, 0.717) is 11.3 Å². The maximum atomic E-state index is 13.6. The summed E-state index contributed by atoms with van der Waals surface area (Å²) in [6.07, 6.45) is 3.01. The van der Waals surface area contributed by atoms with Crippen molar-refractivity contribution in [2.24, 2.45) is 0 Å². The summed E-state index contributed by atoms with van der Waals surface area (Å²) >= 11 is 0. The van der Waals surface area contributed by atoms with Crippen LogP contribution in [-0.2, 0) is 13.1 Å². The zero-order chi connectivity index (χ0) is 16.8. The van der Waals surface area contributed by atoms with Crippen molar-refractivity contribution in [3.05, 3.63) is 77.8 Å². The lowest BCUT2D eigenvalue weighted by Crippen LogP contribution is -2.24. The maximum absolute atomic E-state index is 13.6. The number of amides is 1. The van der Waals surface area contributed by atoms with Gasteiger partial charge in [0.2, 0.25) is 5.95 Å². The molecule has 0 unspecified atom stereocenters. The molecule has 1 amide bonds. The van der Waals surface area contributed by atoms with Gasteiger partial charge in [0.05, 0.1) is 12.8 Å². The van der Waals surface area contributed by atoms with E-state index < -0.39 is 0 Å². The third-order valence-corrected chi connectivity index (χ3v) is 3.29. The van der Waals surface area contributed by atoms with Crippen molar-refractivity contribution >= 4 is 11.9 Å². The molecule has 0 saturated carbocycles. The quantitative estimate of drug-likeness (QED) is 0.728. The topological polar surface area (TPSA) is 80.0 Å². The highest BCUT2D eigenvalue weighted by Crippen LogP contribution is 2.09. The summed E-state index contributed by atoms with van der Waals surface area (Å²) in [7, 11) is 0. The van der Waals surface area contributed by atoms with Crippen LogP contribution in [0.5, 0.6) is 0 Å². The number of halogens is 1. The van der Waals surface area contributed by atoms with E-state index in [1.54, 1.807) is 30.3 Å². The molecule has 0 bridgehead atoms. The minimum Gasteiger partial charge on any atom is -0.467 e. The SMILES string of the molecule is O=C(NCc1ccco1)c1ccnc(NCc2ccccc2F)n1. The number of anilines is 1. The Labute approximate surface area is 137 Å². The highest BCUT2D eigenvalue weighted by Gasteiger charge is 2.09. The lowest BCUT2D eigenvalue weighted by Gasteiger charge is -2.07. The number of rotatable bonds is 6. The van der Waals surface area contributed by atoms with Crippen LogP contribution in [0, 0.1) is 5.82 Å². The molecule has 0 atom stereocenters. The predicted octanol–water partition coefficient (Wildman–Crippen LogP) is 2.75. The van der Waals surface area contributed by atoms with E-state index in [0.717, 1.165) is 0 Å². The number of benzene rings is 1. The molecule has 0 spiro atoms. The van der Waals surface area contributed by atoms with Gasteiger partial charge in [0, 0.05) is 18.3 Å². The second kappa shape index (κ2) is 7.36. The standard InChI is InChI=1S/C17H15FN4O2/c18-14-6-2-1-4-12(14)10-21-17-19-8-7-15(22-17)16(23)20-11-13-5-3-9-24-13/h1-9H,10-11H2,(H,20,23)(H,19,21,22). The molecular formula is C17H15FN4O2. The lowest BCUT2D eigenvalue weighted by atomic mass is 10.2. The van der Waals surface area contributed by atoms with Crippen LogP contribution in [0.2, 0.25) is 0 Å². The van der Waals surface area contributed by atoms with Crippen LogP contribution in [0.1, 0.15) is 21.8 Å². The summed E-state index contributed by atoms with van der Waals surface area (Å²) in [5.41, 5.74) is 0.710. The number of aromatic nitrogens is 2. The van der Waals surface area contributed by atoms with E-state index in [1.807, 2.05) is 0 Å². The van der Waals surface area contributed by atoms with Crippen LogP contribution in [-0.4, -0.2) is 15.9 Å². The molecule has 1 aromatic carbocycles. The van der Waals surface area contributed by atoms with Gasteiger partial charge >= 0.3 is 0 Å². The first-order chi connectivity index (χ1) is 11.7. The van der Waals surface area contributed by atoms with E-state index in [9.17, 15) is 9.18 Å². The summed E-state index contributed by atoms with van der Waals surface area (Å²) < 4.78 is 18.7. The van der Waals surface area contributed by atoms with E-state index in [2.05, 4.69) is 20.6 Å². The molecule has 0 aliphatic rings. The van der Waals surface area contributed by atoms with Gasteiger partial charge in [0.1, 0.15) is 17.3 Å². The van der Waals surface area contributed by atoms with Crippen molar-refractivity contribution in [1.82, 2.24) is 15.3 Å². The smallest absolute Gasteiger partial charge is 0.270 e. The number of hydrogen-bond donors (Lipinski definition) is 2. The normalized spacial score (nSPS) is 10.4. The Morgan fingerprint density at radius 1 is 1.12 bits per heavy atom. The summed E-state index contributed by atoms with van der Waals surface area (Å²) in [5, 5.41) is 5.61. The molecule has 0 radical (unpaired) electrons. The maximum Gasteiger partial charge on any atom is 0.270 e. The molecule has 0 fully saturated rings. The van der Waals surface area contributed by atoms with Gasteiger partial charge in [-0.3, -0.25) is 4.79 Å². The summed E-state index contributed by atoms with van der Waals surface area (Å²) in [6.45, 7) is 0.498. The van der Waals surface area contributed by atoms with Gasteiger partial charge in [0.15, 0.2) is 0 Å². The minimum absolute atomic E-state index is 0.215. The number of hydrogen-bond acceptors (Lipinski definition) is 5. The van der Waals surface area contributed by atoms with E-state index in [4.69, 9.17) is 4.42 Å². The second-order valence-corrected chi connectivity index (χ2v) is 4.97. The molecule has 2 heterocycles. The molecule has 0 aliphatic heterocycles. The molecule has 2 N–H and O–H groups in total. The van der Waals surface area contributed by atoms with Crippen LogP contribution >= 0.6 is 0 Å². The Kier molecular flexibility index (Phi) is 4.81. The molecule has 6 nitrogen and oxygen atoms in total. The van der Waals surface area contributed by atoms with E-state index in [1.165, 1.54) is 24.6 Å². The summed E-state index contributed by atoms with van der Waals surface area (Å²) in [4.78, 5) is 20.3. The Morgan fingerprint density at radius 2 is 2.00 bits per heavy atom. The number of nitrogens with one attached hydrogen (secondary N) is 2. The average molecular weight is 326 g/mol. The van der Waals surface area contributed by atoms with Crippen molar-refractivity contribution in [3.63, 3.8) is 0 Å². The summed E-state index contributed by atoms with van der Waals surface area (Å²) in [6, 6.07) is 11.4. The minimum atomic E-state index is -0.345. The molecule has 0 aliphatic carbocycles. The highest BCUT2D eigenvalue weighted by atomic mass is 19.1.